The van der Waals surface area contributed by atoms with E-state index in [9.17, 15) is 14.0 Å². The van der Waals surface area contributed by atoms with Crippen LogP contribution in [0.4, 0.5) is 4.39 Å². The Kier molecular flexibility index (Phi) is 4.93. The van der Waals surface area contributed by atoms with Crippen molar-refractivity contribution in [2.24, 2.45) is 0 Å². The normalized spacial score (nSPS) is 10.8. The molecule has 0 bridgehead atoms. The Morgan fingerprint density at radius 2 is 1.93 bits per heavy atom. The molecule has 10 nitrogen and oxygen atoms in total. The van der Waals surface area contributed by atoms with E-state index in [1.165, 1.54) is 28.8 Å². The van der Waals surface area contributed by atoms with Crippen LogP contribution in [0.1, 0.15) is 10.5 Å². The molecule has 1 amide bonds. The molecule has 0 aliphatic rings. The van der Waals surface area contributed by atoms with Crippen LogP contribution in [-0.2, 0) is 0 Å². The molecular weight excluding hydrogens is 381 g/mol. The van der Waals surface area contributed by atoms with Crippen LogP contribution in [0.5, 0.6) is 5.88 Å². The van der Waals surface area contributed by atoms with Gasteiger partial charge < -0.3 is 10.1 Å². The Labute approximate surface area is 162 Å². The van der Waals surface area contributed by atoms with Crippen LogP contribution in [0.2, 0.25) is 0 Å². The van der Waals surface area contributed by atoms with Gasteiger partial charge in [0.15, 0.2) is 11.5 Å². The molecule has 0 spiro atoms. The van der Waals surface area contributed by atoms with E-state index in [0.29, 0.717) is 22.9 Å². The van der Waals surface area contributed by atoms with E-state index in [2.05, 4.69) is 30.8 Å². The van der Waals surface area contributed by atoms with Crippen LogP contribution in [0.3, 0.4) is 0 Å². The maximum atomic E-state index is 13.1. The van der Waals surface area contributed by atoms with Gasteiger partial charge in [-0.2, -0.15) is 9.61 Å². The van der Waals surface area contributed by atoms with Gasteiger partial charge in [-0.3, -0.25) is 9.59 Å². The number of rotatable bonds is 6. The van der Waals surface area contributed by atoms with E-state index in [1.807, 2.05) is 0 Å². The number of fused-ring (bicyclic) bond motifs is 1. The minimum atomic E-state index is -0.439. The van der Waals surface area contributed by atoms with Crippen LogP contribution >= 0.6 is 0 Å². The van der Waals surface area contributed by atoms with Gasteiger partial charge in [-0.15, -0.1) is 15.3 Å². The van der Waals surface area contributed by atoms with Gasteiger partial charge in [0, 0.05) is 17.7 Å². The molecule has 4 rings (SSSR count). The number of aromatic amines is 1. The molecule has 0 unspecified atom stereocenters. The Hall–Kier alpha value is -4.15. The lowest BCUT2D eigenvalue weighted by Crippen LogP contribution is -2.29. The zero-order chi connectivity index (χ0) is 20.2. The number of nitrogens with one attached hydrogen (secondary N) is 2. The van der Waals surface area contributed by atoms with Crippen LogP contribution in [0, 0.1) is 5.82 Å². The third-order valence-electron chi connectivity index (χ3n) is 3.89. The quantitative estimate of drug-likeness (QED) is 0.463. The van der Waals surface area contributed by atoms with Crippen molar-refractivity contribution in [1.29, 1.82) is 0 Å². The number of amides is 1. The first-order valence-corrected chi connectivity index (χ1v) is 8.55. The van der Waals surface area contributed by atoms with Gasteiger partial charge in [0.05, 0.1) is 6.54 Å². The molecule has 2 N–H and O–H groups in total. The number of hydrogen-bond acceptors (Lipinski definition) is 7. The standard InChI is InChI=1S/C18H14FN7O3/c19-12-3-1-11(2-4-12)17-24-22-14-6-8-16(25-26(14)17)29-10-9-20-18(28)13-5-7-15(27)23-21-13/h1-8H,9-10H2,(H,20,28)(H,23,27). The van der Waals surface area contributed by atoms with E-state index in [4.69, 9.17) is 4.74 Å². The Balaban J connectivity index is 1.40. The van der Waals surface area contributed by atoms with Gasteiger partial charge in [-0.25, -0.2) is 9.49 Å². The van der Waals surface area contributed by atoms with Crippen LogP contribution in [0.25, 0.3) is 17.0 Å². The number of halogens is 1. The molecule has 0 saturated carbocycles. The molecule has 1 aromatic carbocycles. The predicted octanol–water partition coefficient (Wildman–Crippen LogP) is 0.822. The SMILES string of the molecule is O=C(NCCOc1ccc2nnc(-c3ccc(F)cc3)n2n1)c1ccc(=O)[nH]n1. The largest absolute Gasteiger partial charge is 0.475 e. The summed E-state index contributed by atoms with van der Waals surface area (Å²) in [4.78, 5) is 22.9. The van der Waals surface area contributed by atoms with Crippen molar-refractivity contribution in [2.75, 3.05) is 13.2 Å². The second kappa shape index (κ2) is 7.84. The van der Waals surface area contributed by atoms with Gasteiger partial charge in [-0.05, 0) is 36.4 Å². The number of benzene rings is 1. The minimum absolute atomic E-state index is 0.0950. The lowest BCUT2D eigenvalue weighted by atomic mass is 10.2. The second-order valence-corrected chi connectivity index (χ2v) is 5.88. The maximum absolute atomic E-state index is 13.1. The van der Waals surface area contributed by atoms with Gasteiger partial charge in [-0.1, -0.05) is 0 Å². The molecule has 0 radical (unpaired) electrons. The van der Waals surface area contributed by atoms with Crippen molar-refractivity contribution in [3.8, 4) is 17.3 Å². The van der Waals surface area contributed by atoms with E-state index in [0.717, 1.165) is 0 Å². The van der Waals surface area contributed by atoms with Crippen molar-refractivity contribution >= 4 is 11.6 Å². The molecule has 3 heterocycles. The van der Waals surface area contributed by atoms with Crippen LogP contribution in [-0.4, -0.2) is 49.1 Å². The average molecular weight is 395 g/mol. The highest BCUT2D eigenvalue weighted by Crippen LogP contribution is 2.19. The van der Waals surface area contributed by atoms with Gasteiger partial charge in [0.1, 0.15) is 18.1 Å². The summed E-state index contributed by atoms with van der Waals surface area (Å²) < 4.78 is 20.2. The molecule has 4 aromatic rings. The number of aromatic nitrogens is 6. The fraction of sp³-hybridized carbons (Fsp3) is 0.111. The Bertz CT molecular complexity index is 1200. The van der Waals surface area contributed by atoms with Crippen molar-refractivity contribution in [2.45, 2.75) is 0 Å². The monoisotopic (exact) mass is 395 g/mol. The van der Waals surface area contributed by atoms with Crippen LogP contribution in [0.15, 0.2) is 53.3 Å². The maximum Gasteiger partial charge on any atom is 0.271 e. The Morgan fingerprint density at radius 3 is 2.69 bits per heavy atom. The fourth-order valence-electron chi connectivity index (χ4n) is 2.51. The van der Waals surface area contributed by atoms with Crippen LogP contribution < -0.4 is 15.6 Å². The molecule has 3 aromatic heterocycles. The molecule has 11 heteroatoms. The minimum Gasteiger partial charge on any atom is -0.475 e. The van der Waals surface area contributed by atoms with Gasteiger partial charge >= 0.3 is 0 Å². The highest BCUT2D eigenvalue weighted by atomic mass is 19.1. The molecule has 0 saturated heterocycles. The van der Waals surface area contributed by atoms with Crippen molar-refractivity contribution in [1.82, 2.24) is 35.3 Å². The second-order valence-electron chi connectivity index (χ2n) is 5.88. The fourth-order valence-corrected chi connectivity index (χ4v) is 2.51. The number of nitrogens with zero attached hydrogens (tertiary/aromatic N) is 5. The molecular formula is C18H14FN7O3. The summed E-state index contributed by atoms with van der Waals surface area (Å²) in [6, 6.07) is 11.7. The molecule has 0 aliphatic carbocycles. The van der Waals surface area contributed by atoms with E-state index in [1.54, 1.807) is 24.3 Å². The molecule has 0 fully saturated rings. The first-order valence-electron chi connectivity index (χ1n) is 8.55. The summed E-state index contributed by atoms with van der Waals surface area (Å²) in [6.45, 7) is 0.355. The molecule has 0 aliphatic heterocycles. The number of hydrogen-bond donors (Lipinski definition) is 2. The van der Waals surface area contributed by atoms with Gasteiger partial charge in [0.2, 0.25) is 5.88 Å². The van der Waals surface area contributed by atoms with Crippen molar-refractivity contribution in [3.63, 3.8) is 0 Å². The number of H-pyrrole nitrogens is 1. The highest BCUT2D eigenvalue weighted by Gasteiger charge is 2.11. The summed E-state index contributed by atoms with van der Waals surface area (Å²) in [5.74, 6) is -0.0377. The summed E-state index contributed by atoms with van der Waals surface area (Å²) in [6.07, 6.45) is 0. The van der Waals surface area contributed by atoms with E-state index < -0.39 is 5.91 Å². The molecule has 146 valence electrons. The first kappa shape index (κ1) is 18.2. The highest BCUT2D eigenvalue weighted by molar-refractivity contribution is 5.91. The molecule has 29 heavy (non-hydrogen) atoms. The summed E-state index contributed by atoms with van der Waals surface area (Å²) >= 11 is 0. The smallest absolute Gasteiger partial charge is 0.271 e. The summed E-state index contributed by atoms with van der Waals surface area (Å²) in [5, 5.41) is 20.9. The zero-order valence-corrected chi connectivity index (χ0v) is 14.9. The third-order valence-corrected chi connectivity index (χ3v) is 3.89. The number of carbonyl (C=O) groups excluding carboxylic acids is 1. The van der Waals surface area contributed by atoms with Crippen molar-refractivity contribution < 1.29 is 13.9 Å². The van der Waals surface area contributed by atoms with E-state index in [-0.39, 0.29) is 30.2 Å². The summed E-state index contributed by atoms with van der Waals surface area (Å²) in [7, 11) is 0. The van der Waals surface area contributed by atoms with E-state index >= 15 is 0 Å². The first-order chi connectivity index (χ1) is 14.1. The number of ether oxygens (including phenoxy) is 1. The lowest BCUT2D eigenvalue weighted by Gasteiger charge is -2.07. The zero-order valence-electron chi connectivity index (χ0n) is 14.9. The average Bonchev–Trinajstić information content (AvgIpc) is 3.15. The molecule has 0 atom stereocenters. The lowest BCUT2D eigenvalue weighted by molar-refractivity contribution is 0.0940. The van der Waals surface area contributed by atoms with Gasteiger partial charge in [0.25, 0.3) is 11.5 Å². The predicted molar refractivity (Wildman–Crippen MR) is 98.9 cm³/mol. The topological polar surface area (TPSA) is 127 Å². The summed E-state index contributed by atoms with van der Waals surface area (Å²) in [5.41, 5.74) is 0.872. The third kappa shape index (κ3) is 4.08. The number of carbonyl (C=O) groups is 1. The Morgan fingerprint density at radius 1 is 1.10 bits per heavy atom. The van der Waals surface area contributed by atoms with Crippen molar-refractivity contribution in [3.05, 3.63) is 70.4 Å².